The summed E-state index contributed by atoms with van der Waals surface area (Å²) in [5.41, 5.74) is -4.24. The van der Waals surface area contributed by atoms with E-state index in [1.54, 1.807) is 0 Å². The van der Waals surface area contributed by atoms with Gasteiger partial charge >= 0.3 is 11.4 Å². The first-order valence-electron chi connectivity index (χ1n) is 6.28. The number of ether oxygens (including phenoxy) is 1. The molecular formula is C12H14FN3O6. The normalized spacial score (nSPS) is 32.3. The summed E-state index contributed by atoms with van der Waals surface area (Å²) in [6.45, 7) is 0.201. The van der Waals surface area contributed by atoms with Gasteiger partial charge in [-0.3, -0.25) is 9.55 Å². The fraction of sp³-hybridized carbons (Fsp3) is 0.583. The summed E-state index contributed by atoms with van der Waals surface area (Å²) in [5.74, 6) is 4.05. The van der Waals surface area contributed by atoms with E-state index in [0.717, 1.165) is 6.33 Å². The minimum absolute atomic E-state index is 0.694. The molecule has 0 radical (unpaired) electrons. The number of halogens is 1. The van der Waals surface area contributed by atoms with Gasteiger partial charge in [-0.2, -0.15) is 4.98 Å². The second-order valence-electron chi connectivity index (χ2n) is 4.79. The third-order valence-corrected chi connectivity index (χ3v) is 3.26. The first-order valence-corrected chi connectivity index (χ1v) is 6.28. The molecule has 4 N–H and O–H groups in total. The van der Waals surface area contributed by atoms with Crippen molar-refractivity contribution in [1.29, 1.82) is 0 Å². The first kappa shape index (κ1) is 16.3. The minimum atomic E-state index is -2.36. The van der Waals surface area contributed by atoms with Gasteiger partial charge in [0.15, 0.2) is 11.8 Å². The molecule has 22 heavy (non-hydrogen) atoms. The van der Waals surface area contributed by atoms with Crippen LogP contribution in [0, 0.1) is 11.8 Å². The van der Waals surface area contributed by atoms with Crippen molar-refractivity contribution in [1.82, 2.24) is 14.5 Å². The van der Waals surface area contributed by atoms with Gasteiger partial charge in [-0.15, -0.1) is 0 Å². The SMILES string of the molecule is C[C@H](O)[C@H]1O[C@@H](n2cnc(=O)[nH]c2=O)[C@@](O)(C#CCF)C1O. The molecule has 1 saturated heterocycles. The molecule has 0 amide bonds. The summed E-state index contributed by atoms with van der Waals surface area (Å²) in [4.78, 5) is 27.9. The lowest BCUT2D eigenvalue weighted by molar-refractivity contribution is -0.0889. The summed E-state index contributed by atoms with van der Waals surface area (Å²) in [5, 5.41) is 30.2. The van der Waals surface area contributed by atoms with Crippen LogP contribution in [0.2, 0.25) is 0 Å². The Morgan fingerprint density at radius 1 is 1.64 bits per heavy atom. The molecule has 1 fully saturated rings. The predicted molar refractivity (Wildman–Crippen MR) is 69.4 cm³/mol. The molecule has 0 spiro atoms. The molecule has 1 aliphatic heterocycles. The van der Waals surface area contributed by atoms with Crippen LogP contribution in [0.4, 0.5) is 4.39 Å². The second kappa shape index (κ2) is 5.98. The van der Waals surface area contributed by atoms with Gasteiger partial charge in [0.2, 0.25) is 0 Å². The topological polar surface area (TPSA) is 138 Å². The molecule has 0 bridgehead atoms. The molecule has 9 nitrogen and oxygen atoms in total. The molecule has 0 saturated carbocycles. The lowest BCUT2D eigenvalue weighted by atomic mass is 9.93. The number of nitrogens with one attached hydrogen (secondary N) is 1. The average molecular weight is 315 g/mol. The molecule has 1 unspecified atom stereocenters. The molecule has 0 aromatic carbocycles. The summed E-state index contributed by atoms with van der Waals surface area (Å²) >= 11 is 0. The van der Waals surface area contributed by atoms with Crippen molar-refractivity contribution in [2.45, 2.75) is 37.1 Å². The van der Waals surface area contributed by atoms with E-state index in [1.807, 2.05) is 10.9 Å². The van der Waals surface area contributed by atoms with Crippen molar-refractivity contribution in [3.63, 3.8) is 0 Å². The molecule has 0 aliphatic carbocycles. The van der Waals surface area contributed by atoms with Gasteiger partial charge in [0.1, 0.15) is 25.2 Å². The molecule has 5 atom stereocenters. The number of aromatic amines is 1. The van der Waals surface area contributed by atoms with Crippen molar-refractivity contribution in [3.8, 4) is 11.8 Å². The Labute approximate surface area is 123 Å². The quantitative estimate of drug-likeness (QED) is 0.435. The van der Waals surface area contributed by atoms with E-state index >= 15 is 0 Å². The second-order valence-corrected chi connectivity index (χ2v) is 4.79. The van der Waals surface area contributed by atoms with E-state index < -0.39 is 48.2 Å². The Kier molecular flexibility index (Phi) is 4.43. The highest BCUT2D eigenvalue weighted by Crippen LogP contribution is 2.38. The van der Waals surface area contributed by atoms with Gasteiger partial charge in [0, 0.05) is 0 Å². The van der Waals surface area contributed by atoms with E-state index in [1.165, 1.54) is 6.92 Å². The monoisotopic (exact) mass is 315 g/mol. The molecule has 1 aromatic rings. The zero-order chi connectivity index (χ0) is 16.5. The number of H-pyrrole nitrogens is 1. The van der Waals surface area contributed by atoms with E-state index in [2.05, 4.69) is 10.9 Å². The Bertz CT molecular complexity index is 720. The van der Waals surface area contributed by atoms with Crippen molar-refractivity contribution in [3.05, 3.63) is 27.3 Å². The Morgan fingerprint density at radius 2 is 2.32 bits per heavy atom. The maximum Gasteiger partial charge on any atom is 0.350 e. The van der Waals surface area contributed by atoms with Gasteiger partial charge in [-0.05, 0) is 6.92 Å². The third kappa shape index (κ3) is 2.67. The molecule has 1 aliphatic rings. The number of rotatable bonds is 2. The minimum Gasteiger partial charge on any atom is -0.391 e. The van der Waals surface area contributed by atoms with Crippen molar-refractivity contribution < 1.29 is 24.4 Å². The van der Waals surface area contributed by atoms with Gasteiger partial charge in [0.05, 0.1) is 6.10 Å². The van der Waals surface area contributed by atoms with Crippen LogP contribution in [0.1, 0.15) is 13.2 Å². The highest BCUT2D eigenvalue weighted by Gasteiger charge is 2.57. The van der Waals surface area contributed by atoms with Gasteiger partial charge in [-0.25, -0.2) is 14.0 Å². The van der Waals surface area contributed by atoms with Crippen molar-refractivity contribution in [2.75, 3.05) is 6.67 Å². The summed E-state index contributed by atoms with van der Waals surface area (Å²) < 4.78 is 18.3. The van der Waals surface area contributed by atoms with E-state index in [0.29, 0.717) is 4.57 Å². The van der Waals surface area contributed by atoms with Crippen LogP contribution in [0.15, 0.2) is 15.9 Å². The molecule has 2 rings (SSSR count). The largest absolute Gasteiger partial charge is 0.391 e. The van der Waals surface area contributed by atoms with Gasteiger partial charge in [0.25, 0.3) is 0 Å². The number of alkyl halides is 1. The van der Waals surface area contributed by atoms with Gasteiger partial charge in [-0.1, -0.05) is 11.8 Å². The molecule has 1 aromatic heterocycles. The van der Waals surface area contributed by atoms with Crippen LogP contribution in [0.5, 0.6) is 0 Å². The van der Waals surface area contributed by atoms with E-state index in [-0.39, 0.29) is 0 Å². The smallest absolute Gasteiger partial charge is 0.350 e. The fourth-order valence-electron chi connectivity index (χ4n) is 2.21. The number of aromatic nitrogens is 3. The average Bonchev–Trinajstić information content (AvgIpc) is 2.70. The molecular weight excluding hydrogens is 301 g/mol. The van der Waals surface area contributed by atoms with Crippen LogP contribution >= 0.6 is 0 Å². The number of hydrogen-bond acceptors (Lipinski definition) is 7. The molecule has 2 heterocycles. The maximum atomic E-state index is 12.3. The summed E-state index contributed by atoms with van der Waals surface area (Å²) in [7, 11) is 0. The zero-order valence-electron chi connectivity index (χ0n) is 11.4. The predicted octanol–water partition coefficient (Wildman–Crippen LogP) is -2.73. The Morgan fingerprint density at radius 3 is 2.86 bits per heavy atom. The number of aliphatic hydroxyl groups is 3. The zero-order valence-corrected chi connectivity index (χ0v) is 11.4. The first-order chi connectivity index (χ1) is 10.3. The van der Waals surface area contributed by atoms with Crippen LogP contribution in [-0.2, 0) is 4.74 Å². The summed E-state index contributed by atoms with van der Waals surface area (Å²) in [6.07, 6.45) is -4.98. The lowest BCUT2D eigenvalue weighted by Crippen LogP contribution is -2.49. The van der Waals surface area contributed by atoms with Crippen molar-refractivity contribution in [2.24, 2.45) is 0 Å². The van der Waals surface area contributed by atoms with Crippen LogP contribution in [0.25, 0.3) is 0 Å². The third-order valence-electron chi connectivity index (χ3n) is 3.26. The number of nitrogens with zero attached hydrogens (tertiary/aromatic N) is 2. The highest BCUT2D eigenvalue weighted by atomic mass is 19.1. The van der Waals surface area contributed by atoms with Gasteiger partial charge < -0.3 is 20.1 Å². The number of hydrogen-bond donors (Lipinski definition) is 4. The van der Waals surface area contributed by atoms with E-state index in [4.69, 9.17) is 4.74 Å². The maximum absolute atomic E-state index is 12.3. The Balaban J connectivity index is 2.55. The standard InChI is InChI=1S/C12H14FN3O6/c1-6(17)7-8(18)12(21,3-2-4-13)9(22-7)16-5-14-10(19)15-11(16)20/h5-9,17-18,21H,4H2,1H3,(H,15,19,20)/t6-,7+,8?,9+,12+/m0/s1. The fourth-order valence-corrected chi connectivity index (χ4v) is 2.21. The molecule has 120 valence electrons. The van der Waals surface area contributed by atoms with E-state index in [9.17, 15) is 29.3 Å². The van der Waals surface area contributed by atoms with Crippen LogP contribution < -0.4 is 11.4 Å². The van der Waals surface area contributed by atoms with Crippen LogP contribution in [0.3, 0.4) is 0 Å². The Hall–Kier alpha value is -2.06. The highest BCUT2D eigenvalue weighted by molar-refractivity contribution is 5.23. The molecule has 10 heteroatoms. The summed E-state index contributed by atoms with van der Waals surface area (Å²) in [6, 6.07) is 0. The van der Waals surface area contributed by atoms with Crippen molar-refractivity contribution >= 4 is 0 Å². The van der Waals surface area contributed by atoms with Crippen LogP contribution in [-0.4, -0.2) is 60.4 Å². The lowest BCUT2D eigenvalue weighted by Gasteiger charge is -2.26. The number of aliphatic hydroxyl groups excluding tert-OH is 2.